The molecule has 1 aromatic heterocycles. The number of nitrogens with two attached hydrogens (primary N) is 1. The van der Waals surface area contributed by atoms with Crippen LogP contribution in [0.5, 0.6) is 0 Å². The molecule has 2 N–H and O–H groups in total. The van der Waals surface area contributed by atoms with Gasteiger partial charge >= 0.3 is 0 Å². The van der Waals surface area contributed by atoms with Crippen LogP contribution in [0.4, 0.5) is 0 Å². The largest absolute Gasteiger partial charge is 0.326 e. The highest BCUT2D eigenvalue weighted by Gasteiger charge is 2.15. The van der Waals surface area contributed by atoms with Gasteiger partial charge in [0.1, 0.15) is 5.01 Å². The average Bonchev–Trinajstić information content (AvgIpc) is 2.73. The zero-order valence-electron chi connectivity index (χ0n) is 9.90. The monoisotopic (exact) mass is 266 g/mol. The summed E-state index contributed by atoms with van der Waals surface area (Å²) < 4.78 is 0. The molecule has 4 heteroatoms. The highest BCUT2D eigenvalue weighted by atomic mass is 35.5. The summed E-state index contributed by atoms with van der Waals surface area (Å²) in [6.45, 7) is 4.80. The zero-order valence-corrected chi connectivity index (χ0v) is 11.5. The molecule has 17 heavy (non-hydrogen) atoms. The van der Waals surface area contributed by atoms with Gasteiger partial charge in [0.15, 0.2) is 0 Å². The lowest BCUT2D eigenvalue weighted by Gasteiger charge is -2.02. The predicted molar refractivity (Wildman–Crippen MR) is 74.5 cm³/mol. The zero-order chi connectivity index (χ0) is 12.4. The Hall–Kier alpha value is -0.900. The van der Waals surface area contributed by atoms with E-state index in [0.717, 1.165) is 26.2 Å². The van der Waals surface area contributed by atoms with Gasteiger partial charge in [0.05, 0.1) is 10.7 Å². The molecule has 1 heterocycles. The van der Waals surface area contributed by atoms with Gasteiger partial charge in [0.25, 0.3) is 0 Å². The molecule has 2 aromatic rings. The van der Waals surface area contributed by atoms with E-state index >= 15 is 0 Å². The molecule has 0 amide bonds. The van der Waals surface area contributed by atoms with E-state index in [1.54, 1.807) is 11.3 Å². The first-order valence-corrected chi connectivity index (χ1v) is 6.77. The van der Waals surface area contributed by atoms with E-state index in [1.165, 1.54) is 0 Å². The molecule has 0 saturated heterocycles. The molecule has 0 aliphatic carbocycles. The molecule has 0 aliphatic heterocycles. The second kappa shape index (κ2) is 5.17. The Morgan fingerprint density at radius 3 is 2.59 bits per heavy atom. The summed E-state index contributed by atoms with van der Waals surface area (Å²) in [5, 5.41) is 1.69. The Morgan fingerprint density at radius 1 is 1.35 bits per heavy atom. The van der Waals surface area contributed by atoms with E-state index in [1.807, 2.05) is 24.3 Å². The normalized spacial score (nSPS) is 11.1. The van der Waals surface area contributed by atoms with Gasteiger partial charge in [-0.05, 0) is 12.0 Å². The summed E-state index contributed by atoms with van der Waals surface area (Å²) in [5.41, 5.74) is 7.83. The number of aromatic nitrogens is 1. The first-order chi connectivity index (χ1) is 8.13. The van der Waals surface area contributed by atoms with Crippen LogP contribution in [-0.4, -0.2) is 4.98 Å². The van der Waals surface area contributed by atoms with Gasteiger partial charge in [-0.3, -0.25) is 0 Å². The summed E-state index contributed by atoms with van der Waals surface area (Å²) in [6, 6.07) is 7.77. The molecule has 90 valence electrons. The number of nitrogens with zero attached hydrogens (tertiary/aromatic N) is 1. The molecule has 0 spiro atoms. The van der Waals surface area contributed by atoms with Gasteiger partial charge in [0, 0.05) is 17.0 Å². The molecule has 0 aliphatic rings. The minimum atomic E-state index is 0.390. The van der Waals surface area contributed by atoms with Crippen LogP contribution in [0.2, 0.25) is 5.02 Å². The van der Waals surface area contributed by atoms with Gasteiger partial charge in [-0.2, -0.15) is 0 Å². The third-order valence-corrected chi connectivity index (χ3v) is 4.02. The molecule has 1 aromatic carbocycles. The summed E-state index contributed by atoms with van der Waals surface area (Å²) in [7, 11) is 0. The molecule has 0 unspecified atom stereocenters. The third kappa shape index (κ3) is 2.51. The average molecular weight is 267 g/mol. The fourth-order valence-electron chi connectivity index (χ4n) is 1.71. The minimum Gasteiger partial charge on any atom is -0.326 e. The van der Waals surface area contributed by atoms with E-state index in [0.29, 0.717) is 12.5 Å². The van der Waals surface area contributed by atoms with Crippen molar-refractivity contribution in [2.24, 2.45) is 5.73 Å². The second-order valence-electron chi connectivity index (χ2n) is 4.17. The Labute approximate surface area is 110 Å². The Bertz CT molecular complexity index is 520. The molecular weight excluding hydrogens is 252 g/mol. The van der Waals surface area contributed by atoms with Crippen LogP contribution in [0.3, 0.4) is 0 Å². The first kappa shape index (κ1) is 12.6. The standard InChI is InChI=1S/C13H15ClN2S/c1-8(2)12-11(7-15)17-13(16-12)9-5-3-4-6-10(9)14/h3-6,8H,7,15H2,1-2H3. The van der Waals surface area contributed by atoms with Gasteiger partial charge < -0.3 is 5.73 Å². The maximum absolute atomic E-state index is 6.18. The molecule has 2 nitrogen and oxygen atoms in total. The molecule has 0 bridgehead atoms. The highest BCUT2D eigenvalue weighted by molar-refractivity contribution is 7.15. The lowest BCUT2D eigenvalue weighted by atomic mass is 10.1. The van der Waals surface area contributed by atoms with Crippen molar-refractivity contribution in [2.75, 3.05) is 0 Å². The number of rotatable bonds is 3. The predicted octanol–water partition coefficient (Wildman–Crippen LogP) is 4.05. The number of thiazole rings is 1. The van der Waals surface area contributed by atoms with Crippen molar-refractivity contribution in [2.45, 2.75) is 26.3 Å². The number of benzene rings is 1. The molecule has 0 radical (unpaired) electrons. The summed E-state index contributed by atoms with van der Waals surface area (Å²) >= 11 is 7.81. The number of hydrogen-bond acceptors (Lipinski definition) is 3. The van der Waals surface area contributed by atoms with Crippen molar-refractivity contribution in [1.29, 1.82) is 0 Å². The van der Waals surface area contributed by atoms with Crippen molar-refractivity contribution in [3.05, 3.63) is 39.9 Å². The third-order valence-electron chi connectivity index (χ3n) is 2.56. The van der Waals surface area contributed by atoms with E-state index in [4.69, 9.17) is 17.3 Å². The first-order valence-electron chi connectivity index (χ1n) is 5.58. The quantitative estimate of drug-likeness (QED) is 0.910. The highest BCUT2D eigenvalue weighted by Crippen LogP contribution is 2.34. The van der Waals surface area contributed by atoms with E-state index in [-0.39, 0.29) is 0 Å². The fraction of sp³-hybridized carbons (Fsp3) is 0.308. The number of halogens is 1. The second-order valence-corrected chi connectivity index (χ2v) is 5.66. The van der Waals surface area contributed by atoms with Crippen LogP contribution >= 0.6 is 22.9 Å². The van der Waals surface area contributed by atoms with Crippen LogP contribution in [0.15, 0.2) is 24.3 Å². The van der Waals surface area contributed by atoms with Crippen molar-refractivity contribution in [3.63, 3.8) is 0 Å². The van der Waals surface area contributed by atoms with E-state index < -0.39 is 0 Å². The van der Waals surface area contributed by atoms with Gasteiger partial charge in [-0.15, -0.1) is 11.3 Å². The molecule has 0 saturated carbocycles. The summed E-state index contributed by atoms with van der Waals surface area (Å²) in [5.74, 6) is 0.390. The van der Waals surface area contributed by atoms with Crippen LogP contribution in [0.1, 0.15) is 30.3 Å². The number of hydrogen-bond donors (Lipinski definition) is 1. The van der Waals surface area contributed by atoms with E-state index in [2.05, 4.69) is 18.8 Å². The summed E-state index contributed by atoms with van der Waals surface area (Å²) in [6.07, 6.45) is 0. The van der Waals surface area contributed by atoms with E-state index in [9.17, 15) is 0 Å². The van der Waals surface area contributed by atoms with Crippen LogP contribution < -0.4 is 5.73 Å². The molecule has 0 fully saturated rings. The van der Waals surface area contributed by atoms with Gasteiger partial charge in [-0.1, -0.05) is 43.6 Å². The van der Waals surface area contributed by atoms with Crippen LogP contribution in [0.25, 0.3) is 10.6 Å². The van der Waals surface area contributed by atoms with Crippen molar-refractivity contribution >= 4 is 22.9 Å². The Balaban J connectivity index is 2.51. The van der Waals surface area contributed by atoms with Crippen LogP contribution in [0, 0.1) is 0 Å². The van der Waals surface area contributed by atoms with Gasteiger partial charge in [-0.25, -0.2) is 4.98 Å². The van der Waals surface area contributed by atoms with Crippen molar-refractivity contribution in [1.82, 2.24) is 4.98 Å². The smallest absolute Gasteiger partial charge is 0.125 e. The van der Waals surface area contributed by atoms with Crippen molar-refractivity contribution < 1.29 is 0 Å². The van der Waals surface area contributed by atoms with Gasteiger partial charge in [0.2, 0.25) is 0 Å². The van der Waals surface area contributed by atoms with Crippen molar-refractivity contribution in [3.8, 4) is 10.6 Å². The lowest BCUT2D eigenvalue weighted by molar-refractivity contribution is 0.814. The minimum absolute atomic E-state index is 0.390. The molecule has 0 atom stereocenters. The topological polar surface area (TPSA) is 38.9 Å². The maximum Gasteiger partial charge on any atom is 0.125 e. The Kier molecular flexibility index (Phi) is 3.82. The SMILES string of the molecule is CC(C)c1nc(-c2ccccc2Cl)sc1CN. The Morgan fingerprint density at radius 2 is 2.06 bits per heavy atom. The fourth-order valence-corrected chi connectivity index (χ4v) is 3.13. The van der Waals surface area contributed by atoms with Crippen LogP contribution in [-0.2, 0) is 6.54 Å². The maximum atomic E-state index is 6.18. The molecular formula is C13H15ClN2S. The lowest BCUT2D eigenvalue weighted by Crippen LogP contribution is -1.99. The molecule has 2 rings (SSSR count). The summed E-state index contributed by atoms with van der Waals surface area (Å²) in [4.78, 5) is 5.81.